The molecule has 0 bridgehead atoms. The zero-order valence-electron chi connectivity index (χ0n) is 11.9. The van der Waals surface area contributed by atoms with Crippen LogP contribution in [0.3, 0.4) is 0 Å². The van der Waals surface area contributed by atoms with E-state index in [0.717, 1.165) is 16.0 Å². The minimum absolute atomic E-state index is 0.113. The Labute approximate surface area is 124 Å². The van der Waals surface area contributed by atoms with Crippen LogP contribution in [0, 0.1) is 0 Å². The molecule has 2 aromatic rings. The summed E-state index contributed by atoms with van der Waals surface area (Å²) in [4.78, 5) is 13.1. The number of thioether (sulfide) groups is 1. The van der Waals surface area contributed by atoms with Crippen LogP contribution in [-0.4, -0.2) is 18.3 Å². The quantitative estimate of drug-likeness (QED) is 0.605. The smallest absolute Gasteiger partial charge is 0.339 e. The predicted molar refractivity (Wildman–Crippen MR) is 84.2 cm³/mol. The first-order valence-corrected chi connectivity index (χ1v) is 7.79. The highest BCUT2D eigenvalue weighted by molar-refractivity contribution is 7.98. The molecule has 0 amide bonds. The Morgan fingerprint density at radius 2 is 1.75 bits per heavy atom. The number of carbonyl (C=O) groups excluding carboxylic acids is 1. The van der Waals surface area contributed by atoms with Gasteiger partial charge in [0.2, 0.25) is 0 Å². The number of benzene rings is 2. The summed E-state index contributed by atoms with van der Waals surface area (Å²) in [6.45, 7) is 3.72. The van der Waals surface area contributed by atoms with Gasteiger partial charge in [-0.05, 0) is 37.3 Å². The topological polar surface area (TPSA) is 26.3 Å². The lowest BCUT2D eigenvalue weighted by Gasteiger charge is -2.14. The van der Waals surface area contributed by atoms with Gasteiger partial charge in [0, 0.05) is 4.90 Å². The van der Waals surface area contributed by atoms with Crippen LogP contribution in [0.2, 0.25) is 0 Å². The van der Waals surface area contributed by atoms with Crippen molar-refractivity contribution >= 4 is 17.7 Å². The molecule has 0 N–H and O–H groups in total. The molecule has 0 radical (unpaired) electrons. The largest absolute Gasteiger partial charge is 0.459 e. The van der Waals surface area contributed by atoms with E-state index in [1.807, 2.05) is 68.6 Å². The number of carbonyl (C=O) groups is 1. The molecule has 0 aliphatic heterocycles. The number of hydrogen-bond acceptors (Lipinski definition) is 3. The van der Waals surface area contributed by atoms with E-state index in [4.69, 9.17) is 4.74 Å². The number of esters is 1. The minimum Gasteiger partial charge on any atom is -0.459 e. The summed E-state index contributed by atoms with van der Waals surface area (Å²) in [5, 5.41) is 0. The van der Waals surface area contributed by atoms with Crippen molar-refractivity contribution in [3.8, 4) is 11.1 Å². The van der Waals surface area contributed by atoms with Crippen molar-refractivity contribution in [1.82, 2.24) is 0 Å². The average molecular weight is 286 g/mol. The normalized spacial score (nSPS) is 10.6. The maximum atomic E-state index is 12.2. The summed E-state index contributed by atoms with van der Waals surface area (Å²) < 4.78 is 5.32. The molecule has 0 spiro atoms. The van der Waals surface area contributed by atoms with Gasteiger partial charge in [0.15, 0.2) is 0 Å². The van der Waals surface area contributed by atoms with E-state index in [-0.39, 0.29) is 12.1 Å². The molecule has 2 nitrogen and oxygen atoms in total. The van der Waals surface area contributed by atoms with Gasteiger partial charge in [-0.2, -0.15) is 0 Å². The Hall–Kier alpha value is -1.74. The van der Waals surface area contributed by atoms with Gasteiger partial charge in [0.25, 0.3) is 0 Å². The summed E-state index contributed by atoms with van der Waals surface area (Å²) in [5.74, 6) is -0.262. The Bertz CT molecular complexity index is 591. The number of ether oxygens (including phenoxy) is 1. The van der Waals surface area contributed by atoms with Gasteiger partial charge in [-0.25, -0.2) is 4.79 Å². The van der Waals surface area contributed by atoms with Crippen molar-refractivity contribution in [2.75, 3.05) is 6.26 Å². The fourth-order valence-corrected chi connectivity index (χ4v) is 2.82. The lowest BCUT2D eigenvalue weighted by Crippen LogP contribution is -2.12. The van der Waals surface area contributed by atoms with Gasteiger partial charge in [-0.15, -0.1) is 11.8 Å². The SMILES string of the molecule is CSc1c(C(=O)OC(C)C)cccc1-c1ccccc1. The summed E-state index contributed by atoms with van der Waals surface area (Å²) in [6, 6.07) is 15.8. The molecule has 0 unspecified atom stereocenters. The fraction of sp³-hybridized carbons (Fsp3) is 0.235. The van der Waals surface area contributed by atoms with E-state index in [1.165, 1.54) is 0 Å². The summed E-state index contributed by atoms with van der Waals surface area (Å²) >= 11 is 1.57. The van der Waals surface area contributed by atoms with Crippen LogP contribution in [0.4, 0.5) is 0 Å². The molecule has 0 heterocycles. The lowest BCUT2D eigenvalue weighted by molar-refractivity contribution is 0.0374. The van der Waals surface area contributed by atoms with E-state index >= 15 is 0 Å². The first kappa shape index (κ1) is 14.7. The molecule has 0 aromatic heterocycles. The highest BCUT2D eigenvalue weighted by Gasteiger charge is 2.17. The molecule has 0 saturated heterocycles. The van der Waals surface area contributed by atoms with Crippen LogP contribution >= 0.6 is 11.8 Å². The van der Waals surface area contributed by atoms with Gasteiger partial charge in [-0.1, -0.05) is 42.5 Å². The van der Waals surface area contributed by atoms with Crippen LogP contribution in [0.1, 0.15) is 24.2 Å². The van der Waals surface area contributed by atoms with Gasteiger partial charge >= 0.3 is 5.97 Å². The second-order valence-electron chi connectivity index (χ2n) is 4.71. The molecule has 0 aliphatic carbocycles. The first-order chi connectivity index (χ1) is 9.63. The number of hydrogen-bond donors (Lipinski definition) is 0. The summed E-state index contributed by atoms with van der Waals surface area (Å²) in [6.07, 6.45) is 1.87. The maximum Gasteiger partial charge on any atom is 0.339 e. The van der Waals surface area contributed by atoms with E-state index in [1.54, 1.807) is 11.8 Å². The Balaban J connectivity index is 2.48. The molecule has 2 aromatic carbocycles. The predicted octanol–water partition coefficient (Wildman–Crippen LogP) is 4.64. The van der Waals surface area contributed by atoms with Crippen molar-refractivity contribution in [2.45, 2.75) is 24.8 Å². The first-order valence-electron chi connectivity index (χ1n) is 6.57. The van der Waals surface area contributed by atoms with Crippen LogP contribution < -0.4 is 0 Å². The van der Waals surface area contributed by atoms with Crippen molar-refractivity contribution in [2.24, 2.45) is 0 Å². The fourth-order valence-electron chi connectivity index (χ4n) is 2.04. The Morgan fingerprint density at radius 3 is 2.35 bits per heavy atom. The third kappa shape index (κ3) is 3.23. The van der Waals surface area contributed by atoms with Gasteiger partial charge < -0.3 is 4.74 Å². The molecule has 20 heavy (non-hydrogen) atoms. The van der Waals surface area contributed by atoms with Crippen LogP contribution in [0.5, 0.6) is 0 Å². The molecule has 0 atom stereocenters. The second-order valence-corrected chi connectivity index (χ2v) is 5.52. The molecule has 0 fully saturated rings. The van der Waals surface area contributed by atoms with E-state index in [0.29, 0.717) is 5.56 Å². The monoisotopic (exact) mass is 286 g/mol. The average Bonchev–Trinajstić information content (AvgIpc) is 2.46. The van der Waals surface area contributed by atoms with Crippen molar-refractivity contribution in [3.63, 3.8) is 0 Å². The van der Waals surface area contributed by atoms with Crippen molar-refractivity contribution in [3.05, 3.63) is 54.1 Å². The molecule has 104 valence electrons. The summed E-state index contributed by atoms with van der Waals surface area (Å²) in [5.41, 5.74) is 2.81. The molecular weight excluding hydrogens is 268 g/mol. The van der Waals surface area contributed by atoms with Crippen molar-refractivity contribution < 1.29 is 9.53 Å². The second kappa shape index (κ2) is 6.62. The van der Waals surface area contributed by atoms with Gasteiger partial charge in [-0.3, -0.25) is 0 Å². The van der Waals surface area contributed by atoms with Crippen LogP contribution in [-0.2, 0) is 4.74 Å². The molecule has 0 aliphatic rings. The van der Waals surface area contributed by atoms with Gasteiger partial charge in [0.05, 0.1) is 11.7 Å². The van der Waals surface area contributed by atoms with E-state index < -0.39 is 0 Å². The van der Waals surface area contributed by atoms with Crippen molar-refractivity contribution in [1.29, 1.82) is 0 Å². The van der Waals surface area contributed by atoms with E-state index in [2.05, 4.69) is 0 Å². The lowest BCUT2D eigenvalue weighted by atomic mass is 10.0. The highest BCUT2D eigenvalue weighted by Crippen LogP contribution is 2.33. The third-order valence-corrected chi connectivity index (χ3v) is 3.71. The Morgan fingerprint density at radius 1 is 1.05 bits per heavy atom. The molecule has 2 rings (SSSR count). The van der Waals surface area contributed by atoms with Crippen LogP contribution in [0.25, 0.3) is 11.1 Å². The summed E-state index contributed by atoms with van der Waals surface area (Å²) in [7, 11) is 0. The zero-order chi connectivity index (χ0) is 14.5. The van der Waals surface area contributed by atoms with Gasteiger partial charge in [0.1, 0.15) is 0 Å². The highest BCUT2D eigenvalue weighted by atomic mass is 32.2. The standard InChI is InChI=1S/C17H18O2S/c1-12(2)19-17(18)15-11-7-10-14(16(15)20-3)13-8-5-4-6-9-13/h4-12H,1-3H3. The minimum atomic E-state index is -0.262. The zero-order valence-corrected chi connectivity index (χ0v) is 12.7. The Kier molecular flexibility index (Phi) is 4.85. The van der Waals surface area contributed by atoms with E-state index in [9.17, 15) is 4.79 Å². The number of rotatable bonds is 4. The maximum absolute atomic E-state index is 12.2. The molecule has 3 heteroatoms. The third-order valence-electron chi connectivity index (χ3n) is 2.87. The molecular formula is C17H18O2S. The molecule has 0 saturated carbocycles. The van der Waals surface area contributed by atoms with Crippen LogP contribution in [0.15, 0.2) is 53.4 Å².